The number of fused-ring (bicyclic) bond motifs is 4. The zero-order valence-electron chi connectivity index (χ0n) is 21.8. The molecule has 0 bridgehead atoms. The molecule has 0 fully saturated rings. The first-order valence-corrected chi connectivity index (χ1v) is 13.3. The molecule has 0 unspecified atom stereocenters. The van der Waals surface area contributed by atoms with Gasteiger partial charge >= 0.3 is 0 Å². The summed E-state index contributed by atoms with van der Waals surface area (Å²) in [6, 6.07) is 38.2. The molecule has 0 saturated carbocycles. The summed E-state index contributed by atoms with van der Waals surface area (Å²) >= 11 is 0. The van der Waals surface area contributed by atoms with Gasteiger partial charge in [0.15, 0.2) is 23.1 Å². The van der Waals surface area contributed by atoms with Gasteiger partial charge in [0.25, 0.3) is 0 Å². The first-order valence-electron chi connectivity index (χ1n) is 13.3. The van der Waals surface area contributed by atoms with E-state index in [9.17, 15) is 0 Å². The minimum absolute atomic E-state index is 0.578. The molecule has 4 aromatic heterocycles. The van der Waals surface area contributed by atoms with E-state index in [4.69, 9.17) is 29.3 Å². The maximum atomic E-state index is 6.51. The lowest BCUT2D eigenvalue weighted by Gasteiger charge is -2.08. The van der Waals surface area contributed by atoms with E-state index in [-0.39, 0.29) is 0 Å². The molecule has 0 aliphatic heterocycles. The van der Waals surface area contributed by atoms with Crippen LogP contribution < -0.4 is 0 Å². The van der Waals surface area contributed by atoms with Crippen LogP contribution >= 0.6 is 0 Å². The summed E-state index contributed by atoms with van der Waals surface area (Å²) < 4.78 is 6.51. The van der Waals surface area contributed by atoms with Crippen molar-refractivity contribution < 1.29 is 4.42 Å². The van der Waals surface area contributed by atoms with Gasteiger partial charge < -0.3 is 4.42 Å². The van der Waals surface area contributed by atoms with Crippen LogP contribution in [-0.4, -0.2) is 24.9 Å². The Bertz CT molecular complexity index is 2150. The van der Waals surface area contributed by atoms with Crippen molar-refractivity contribution in [3.8, 4) is 45.6 Å². The Balaban J connectivity index is 1.31. The first kappa shape index (κ1) is 23.2. The number of aromatic nitrogens is 5. The summed E-state index contributed by atoms with van der Waals surface area (Å²) in [6.07, 6.45) is 3.63. The van der Waals surface area contributed by atoms with E-state index in [0.29, 0.717) is 23.1 Å². The van der Waals surface area contributed by atoms with Crippen LogP contribution in [0.3, 0.4) is 0 Å². The normalized spacial score (nSPS) is 11.4. The van der Waals surface area contributed by atoms with Crippen LogP contribution in [0.25, 0.3) is 78.3 Å². The lowest BCUT2D eigenvalue weighted by molar-refractivity contribution is 0.668. The number of rotatable bonds is 4. The molecule has 0 radical (unpaired) electrons. The third kappa shape index (κ3) is 4.01. The van der Waals surface area contributed by atoms with Crippen molar-refractivity contribution >= 4 is 32.7 Å². The summed E-state index contributed by atoms with van der Waals surface area (Å²) in [5.74, 6) is 1.81. The quantitative estimate of drug-likeness (QED) is 0.229. The Morgan fingerprint density at radius 1 is 0.439 bits per heavy atom. The molecule has 4 aromatic carbocycles. The number of furan rings is 1. The minimum Gasteiger partial charge on any atom is -0.454 e. The summed E-state index contributed by atoms with van der Waals surface area (Å²) in [5.41, 5.74) is 5.64. The van der Waals surface area contributed by atoms with Crippen LogP contribution in [0.4, 0.5) is 0 Å². The second-order valence-electron chi connectivity index (χ2n) is 9.77. The molecular formula is C35H21N5O. The molecule has 0 spiro atoms. The van der Waals surface area contributed by atoms with Crippen LogP contribution in [-0.2, 0) is 0 Å². The van der Waals surface area contributed by atoms with Crippen LogP contribution in [0.1, 0.15) is 0 Å². The van der Waals surface area contributed by atoms with Crippen molar-refractivity contribution in [1.29, 1.82) is 0 Å². The average Bonchev–Trinajstić information content (AvgIpc) is 3.43. The van der Waals surface area contributed by atoms with Gasteiger partial charge in [-0.2, -0.15) is 0 Å². The maximum absolute atomic E-state index is 6.51. The highest BCUT2D eigenvalue weighted by atomic mass is 16.3. The van der Waals surface area contributed by atoms with Gasteiger partial charge in [0.05, 0.1) is 0 Å². The second-order valence-corrected chi connectivity index (χ2v) is 9.77. The molecule has 192 valence electrons. The smallest absolute Gasteiger partial charge is 0.164 e. The average molecular weight is 528 g/mol. The molecule has 0 amide bonds. The van der Waals surface area contributed by atoms with Gasteiger partial charge in [0, 0.05) is 45.2 Å². The van der Waals surface area contributed by atoms with E-state index in [0.717, 1.165) is 55.2 Å². The lowest BCUT2D eigenvalue weighted by Crippen LogP contribution is -2.00. The van der Waals surface area contributed by atoms with Gasteiger partial charge in [-0.25, -0.2) is 15.0 Å². The molecule has 0 aliphatic carbocycles. The highest BCUT2D eigenvalue weighted by molar-refractivity contribution is 6.11. The number of hydrogen-bond donors (Lipinski definition) is 0. The highest BCUT2D eigenvalue weighted by Crippen LogP contribution is 2.37. The van der Waals surface area contributed by atoms with Gasteiger partial charge in [0.1, 0.15) is 17.0 Å². The zero-order chi connectivity index (χ0) is 27.2. The maximum Gasteiger partial charge on any atom is 0.164 e. The highest BCUT2D eigenvalue weighted by Gasteiger charge is 2.18. The van der Waals surface area contributed by atoms with E-state index in [1.807, 2.05) is 109 Å². The Hall–Kier alpha value is -5.75. The largest absolute Gasteiger partial charge is 0.454 e. The fourth-order valence-electron chi connectivity index (χ4n) is 5.26. The molecule has 6 nitrogen and oxygen atoms in total. The summed E-state index contributed by atoms with van der Waals surface area (Å²) in [5, 5.41) is 4.11. The molecule has 0 N–H and O–H groups in total. The zero-order valence-corrected chi connectivity index (χ0v) is 21.8. The van der Waals surface area contributed by atoms with Crippen molar-refractivity contribution in [2.24, 2.45) is 0 Å². The standard InChI is InChI=1S/C35H21N5O/c1-3-10-23(11-4-1)33-38-34(24-12-5-2-6-13-24)40-35(39-33)25-15-16-27-28-18-20-37-31(32(28)41-29(27)21-25)30-26-14-8-7-9-22(26)17-19-36-30/h1-21H. The van der Waals surface area contributed by atoms with Gasteiger partial charge in [0.2, 0.25) is 0 Å². The third-order valence-electron chi connectivity index (χ3n) is 7.24. The van der Waals surface area contributed by atoms with Crippen molar-refractivity contribution in [1.82, 2.24) is 24.9 Å². The molecule has 0 aliphatic rings. The van der Waals surface area contributed by atoms with Crippen LogP contribution in [0.2, 0.25) is 0 Å². The molecule has 4 heterocycles. The van der Waals surface area contributed by atoms with Crippen molar-refractivity contribution in [2.75, 3.05) is 0 Å². The molecular weight excluding hydrogens is 506 g/mol. The van der Waals surface area contributed by atoms with Crippen molar-refractivity contribution in [3.63, 3.8) is 0 Å². The number of nitrogens with zero attached hydrogens (tertiary/aromatic N) is 5. The summed E-state index contributed by atoms with van der Waals surface area (Å²) in [7, 11) is 0. The van der Waals surface area contributed by atoms with Crippen LogP contribution in [0.5, 0.6) is 0 Å². The predicted octanol–water partition coefficient (Wildman–Crippen LogP) is 8.38. The van der Waals surface area contributed by atoms with Crippen molar-refractivity contribution in [3.05, 3.63) is 128 Å². The predicted molar refractivity (Wildman–Crippen MR) is 162 cm³/mol. The summed E-state index contributed by atoms with van der Waals surface area (Å²) in [4.78, 5) is 23.9. The Morgan fingerprint density at radius 3 is 1.78 bits per heavy atom. The van der Waals surface area contributed by atoms with Crippen LogP contribution in [0.15, 0.2) is 132 Å². The number of benzene rings is 4. The fraction of sp³-hybridized carbons (Fsp3) is 0. The first-order chi connectivity index (χ1) is 20.3. The van der Waals surface area contributed by atoms with Crippen LogP contribution in [0, 0.1) is 0 Å². The second kappa shape index (κ2) is 9.47. The van der Waals surface area contributed by atoms with Gasteiger partial charge in [-0.1, -0.05) is 91.0 Å². The fourth-order valence-corrected chi connectivity index (χ4v) is 5.26. The minimum atomic E-state index is 0.578. The van der Waals surface area contributed by atoms with E-state index in [2.05, 4.69) is 18.2 Å². The summed E-state index contributed by atoms with van der Waals surface area (Å²) in [6.45, 7) is 0. The molecule has 6 heteroatoms. The number of hydrogen-bond acceptors (Lipinski definition) is 6. The molecule has 8 aromatic rings. The van der Waals surface area contributed by atoms with E-state index in [1.54, 1.807) is 0 Å². The van der Waals surface area contributed by atoms with E-state index in [1.165, 1.54) is 0 Å². The van der Waals surface area contributed by atoms with Gasteiger partial charge in [-0.05, 0) is 29.7 Å². The Labute approximate surface area is 235 Å². The molecule has 0 saturated heterocycles. The third-order valence-corrected chi connectivity index (χ3v) is 7.24. The van der Waals surface area contributed by atoms with Gasteiger partial charge in [-0.3, -0.25) is 9.97 Å². The molecule has 0 atom stereocenters. The number of pyridine rings is 2. The Kier molecular flexibility index (Phi) is 5.35. The topological polar surface area (TPSA) is 77.6 Å². The monoisotopic (exact) mass is 527 g/mol. The van der Waals surface area contributed by atoms with Gasteiger partial charge in [-0.15, -0.1) is 0 Å². The van der Waals surface area contributed by atoms with Crippen molar-refractivity contribution in [2.45, 2.75) is 0 Å². The lowest BCUT2D eigenvalue weighted by atomic mass is 10.1. The SMILES string of the molecule is c1ccc(-c2nc(-c3ccccc3)nc(-c3ccc4c(c3)oc3c(-c5nccc6ccccc56)nccc34)n2)cc1. The van der Waals surface area contributed by atoms with E-state index >= 15 is 0 Å². The molecule has 41 heavy (non-hydrogen) atoms. The Morgan fingerprint density at radius 2 is 1.05 bits per heavy atom. The molecule has 8 rings (SSSR count). The van der Waals surface area contributed by atoms with E-state index < -0.39 is 0 Å².